The van der Waals surface area contributed by atoms with E-state index in [1.807, 2.05) is 20.8 Å². The second-order valence-electron chi connectivity index (χ2n) is 11.3. The van der Waals surface area contributed by atoms with E-state index in [4.69, 9.17) is 23.7 Å². The van der Waals surface area contributed by atoms with E-state index in [0.717, 1.165) is 13.2 Å². The van der Waals surface area contributed by atoms with Crippen LogP contribution in [0.25, 0.3) is 0 Å². The van der Waals surface area contributed by atoms with Gasteiger partial charge in [-0.15, -0.1) is 0 Å². The van der Waals surface area contributed by atoms with Crippen molar-refractivity contribution in [2.24, 2.45) is 0 Å². The van der Waals surface area contributed by atoms with Gasteiger partial charge in [-0.2, -0.15) is 0 Å². The van der Waals surface area contributed by atoms with Crippen LogP contribution in [0.1, 0.15) is 68.7 Å². The zero-order valence-electron chi connectivity index (χ0n) is 25.2. The van der Waals surface area contributed by atoms with Crippen molar-refractivity contribution in [3.05, 3.63) is 7.43 Å². The fourth-order valence-corrected chi connectivity index (χ4v) is 3.18. The Labute approximate surface area is 268 Å². The van der Waals surface area contributed by atoms with Crippen molar-refractivity contribution in [3.8, 4) is 0 Å². The first-order chi connectivity index (χ1) is 16.6. The molecule has 0 aromatic heterocycles. The number of halogens is 1. The van der Waals surface area contributed by atoms with Gasteiger partial charge in [-0.25, -0.2) is 9.59 Å². The molecule has 13 heteroatoms. The Balaban J connectivity index is -0.000000254. The van der Waals surface area contributed by atoms with Crippen LogP contribution < -0.4 is 17.0 Å². The van der Waals surface area contributed by atoms with Gasteiger partial charge >= 0.3 is 35.2 Å². The topological polar surface area (TPSA) is 124 Å². The number of Topliss-reactive ketones (excluding diaryl/α,β-unsaturated/α-hetero) is 1. The number of rotatable bonds is 0. The smallest absolute Gasteiger partial charge is 1.00 e. The molecule has 0 spiro atoms. The third-order valence-corrected chi connectivity index (χ3v) is 4.72. The Kier molecular flexibility index (Phi) is 25.4. The van der Waals surface area contributed by atoms with Crippen molar-refractivity contribution >= 4 is 41.0 Å². The minimum Gasteiger partial charge on any atom is -1.00 e. The van der Waals surface area contributed by atoms with Gasteiger partial charge in [-0.05, 0) is 61.3 Å². The van der Waals surface area contributed by atoms with Crippen LogP contribution in [-0.4, -0.2) is 139 Å². The van der Waals surface area contributed by atoms with Gasteiger partial charge in [0.1, 0.15) is 23.4 Å². The van der Waals surface area contributed by atoms with Gasteiger partial charge < -0.3 is 58.1 Å². The molecule has 0 aromatic rings. The third-order valence-electron chi connectivity index (χ3n) is 4.72. The monoisotopic (exact) mass is 652 g/mol. The van der Waals surface area contributed by atoms with Gasteiger partial charge in [0, 0.05) is 26.3 Å². The standard InChI is InChI=1S/C11H21NO4.C10H17NO4.C4H8O.CH4.CH3.BrH.Mg/c1-10(2,3)16-9(13)12-5-6-15-8-11(4,14)7-12;1-10(2,3)15-9(13)11-4-5-14-7-8(12)6-11;1-2-4-5-3-1;;;;/h14H,5-8H2,1-4H3;4-7H2,1-3H3;1-4H2;1H4;1H3;1H;/q;;;;-1;;+2/p-1. The number of ketones is 1. The van der Waals surface area contributed by atoms with Crippen LogP contribution in [0.2, 0.25) is 0 Å². The maximum atomic E-state index is 11.8. The molecule has 3 aliphatic rings. The summed E-state index contributed by atoms with van der Waals surface area (Å²) >= 11 is 0. The predicted octanol–water partition coefficient (Wildman–Crippen LogP) is 0.334. The molecule has 0 aromatic carbocycles. The minimum absolute atomic E-state index is 0. The second-order valence-corrected chi connectivity index (χ2v) is 11.3. The first kappa shape index (κ1) is 46.3. The molecular formula is C27H53BrMgN2O9. The molecule has 1 atom stereocenters. The number of ether oxygens (including phenoxy) is 5. The van der Waals surface area contributed by atoms with Crippen LogP contribution in [0, 0.1) is 7.43 Å². The Hall–Kier alpha value is -0.704. The van der Waals surface area contributed by atoms with Crippen LogP contribution in [0.4, 0.5) is 9.59 Å². The van der Waals surface area contributed by atoms with E-state index in [1.165, 1.54) is 22.6 Å². The molecule has 0 radical (unpaired) electrons. The molecule has 0 aliphatic carbocycles. The Bertz CT molecular complexity index is 701. The number of carbonyl (C=O) groups is 3. The van der Waals surface area contributed by atoms with E-state index in [-0.39, 0.29) is 87.0 Å². The summed E-state index contributed by atoms with van der Waals surface area (Å²) < 4.78 is 25.6. The van der Waals surface area contributed by atoms with Gasteiger partial charge in [0.2, 0.25) is 0 Å². The fourth-order valence-electron chi connectivity index (χ4n) is 3.18. The van der Waals surface area contributed by atoms with Crippen LogP contribution in [0.3, 0.4) is 0 Å². The quantitative estimate of drug-likeness (QED) is 0.291. The zero-order chi connectivity index (χ0) is 27.4. The van der Waals surface area contributed by atoms with Gasteiger partial charge in [0.25, 0.3) is 0 Å². The molecule has 0 bridgehead atoms. The SMILES string of the molecule is C.C1CCOC1.CC(C)(C)OC(=O)N1CCOCC(=O)C1.CC1(O)COCCN(C(=O)OC(C)(C)C)C1.[Br-].[CH3-].[Mg+2]. The van der Waals surface area contributed by atoms with Crippen molar-refractivity contribution in [1.29, 1.82) is 0 Å². The number of carbonyl (C=O) groups excluding carboxylic acids is 3. The van der Waals surface area contributed by atoms with Crippen molar-refractivity contribution in [2.75, 3.05) is 65.8 Å². The van der Waals surface area contributed by atoms with Crippen LogP contribution in [0.5, 0.6) is 0 Å². The Morgan fingerprint density at radius 2 is 1.30 bits per heavy atom. The first-order valence-electron chi connectivity index (χ1n) is 12.5. The Morgan fingerprint density at radius 3 is 1.75 bits per heavy atom. The molecule has 1 unspecified atom stereocenters. The normalized spacial score (nSPS) is 20.9. The van der Waals surface area contributed by atoms with Crippen LogP contribution in [-0.2, 0) is 28.5 Å². The number of hydrogen-bond donors (Lipinski definition) is 1. The molecule has 3 heterocycles. The average molecular weight is 654 g/mol. The summed E-state index contributed by atoms with van der Waals surface area (Å²) in [5.74, 6) is -0.0987. The molecule has 0 saturated carbocycles. The van der Waals surface area contributed by atoms with Gasteiger partial charge in [0.05, 0.1) is 32.9 Å². The maximum absolute atomic E-state index is 11.8. The van der Waals surface area contributed by atoms with Gasteiger partial charge in [-0.1, -0.05) is 7.43 Å². The van der Waals surface area contributed by atoms with Crippen molar-refractivity contribution in [3.63, 3.8) is 0 Å². The van der Waals surface area contributed by atoms with E-state index in [0.29, 0.717) is 26.3 Å². The molecule has 3 fully saturated rings. The number of hydrogen-bond acceptors (Lipinski definition) is 9. The minimum atomic E-state index is -1.01. The van der Waals surface area contributed by atoms with Crippen LogP contribution >= 0.6 is 0 Å². The largest absolute Gasteiger partial charge is 2.00 e. The average Bonchev–Trinajstić information content (AvgIpc) is 3.16. The van der Waals surface area contributed by atoms with Crippen LogP contribution in [0.15, 0.2) is 0 Å². The summed E-state index contributed by atoms with van der Waals surface area (Å²) in [6.07, 6.45) is 1.69. The summed E-state index contributed by atoms with van der Waals surface area (Å²) in [6, 6.07) is 0. The van der Waals surface area contributed by atoms with E-state index in [1.54, 1.807) is 27.7 Å². The predicted molar refractivity (Wildman–Crippen MR) is 152 cm³/mol. The zero-order valence-corrected chi connectivity index (χ0v) is 28.2. The molecule has 1 N–H and O–H groups in total. The van der Waals surface area contributed by atoms with Crippen molar-refractivity contribution in [2.45, 2.75) is 85.5 Å². The summed E-state index contributed by atoms with van der Waals surface area (Å²) in [4.78, 5) is 37.4. The molecule has 3 aliphatic heterocycles. The molecule has 40 heavy (non-hydrogen) atoms. The molecular weight excluding hydrogens is 601 g/mol. The van der Waals surface area contributed by atoms with Gasteiger partial charge in [0.15, 0.2) is 5.78 Å². The third kappa shape index (κ3) is 22.9. The first-order valence-corrected chi connectivity index (χ1v) is 12.5. The molecule has 3 saturated heterocycles. The fraction of sp³-hybridized carbons (Fsp3) is 0.852. The van der Waals surface area contributed by atoms with E-state index in [2.05, 4.69) is 0 Å². The molecule has 234 valence electrons. The van der Waals surface area contributed by atoms with Gasteiger partial charge in [-0.3, -0.25) is 9.69 Å². The van der Waals surface area contributed by atoms with E-state index in [9.17, 15) is 19.5 Å². The van der Waals surface area contributed by atoms with E-state index < -0.39 is 29.0 Å². The number of amides is 2. The summed E-state index contributed by atoms with van der Waals surface area (Å²) in [5.41, 5.74) is -2.06. The molecule has 3 rings (SSSR count). The Morgan fingerprint density at radius 1 is 0.850 bits per heavy atom. The molecule has 2 amide bonds. The molecule has 11 nitrogen and oxygen atoms in total. The van der Waals surface area contributed by atoms with Crippen molar-refractivity contribution < 1.29 is 60.2 Å². The number of aliphatic hydroxyl groups is 1. The van der Waals surface area contributed by atoms with E-state index >= 15 is 0 Å². The summed E-state index contributed by atoms with van der Waals surface area (Å²) in [6.45, 7) is 16.8. The maximum Gasteiger partial charge on any atom is 2.00 e. The number of nitrogens with zero attached hydrogens (tertiary/aromatic N) is 2. The second kappa shape index (κ2) is 21.9. The summed E-state index contributed by atoms with van der Waals surface area (Å²) in [7, 11) is 0. The van der Waals surface area contributed by atoms with Crippen molar-refractivity contribution in [1.82, 2.24) is 9.80 Å². The number of β-amino-alcohol motifs (C(OH)–C–C–N with tert-alkyl or cyclic N) is 1. The summed E-state index contributed by atoms with van der Waals surface area (Å²) in [5, 5.41) is 9.90.